The van der Waals surface area contributed by atoms with Gasteiger partial charge in [0, 0.05) is 4.47 Å². The lowest BCUT2D eigenvalue weighted by Crippen LogP contribution is -1.82. The first kappa shape index (κ1) is 9.80. The minimum absolute atomic E-state index is 0.402. The molecule has 0 amide bonds. The standard InChI is InChI=1S/C7H4BrFIN2P/c8-4-1-2-6-5(3-4)7(9)11-12(6)13-10/h1-3,13H. The van der Waals surface area contributed by atoms with E-state index in [0.717, 1.165) is 9.99 Å². The topological polar surface area (TPSA) is 17.8 Å². The van der Waals surface area contributed by atoms with Crippen molar-refractivity contribution in [1.29, 1.82) is 0 Å². The Kier molecular flexibility index (Phi) is 2.86. The smallest absolute Gasteiger partial charge is 0.235 e. The van der Waals surface area contributed by atoms with E-state index in [1.165, 1.54) is 0 Å². The average molecular weight is 373 g/mol. The fraction of sp³-hybridized carbons (Fsp3) is 0. The van der Waals surface area contributed by atoms with Crippen molar-refractivity contribution in [2.24, 2.45) is 0 Å². The van der Waals surface area contributed by atoms with Crippen LogP contribution in [0.25, 0.3) is 10.9 Å². The largest absolute Gasteiger partial charge is 0.240 e. The van der Waals surface area contributed by atoms with E-state index < -0.39 is 5.95 Å². The highest BCUT2D eigenvalue weighted by molar-refractivity contribution is 14.2. The number of benzene rings is 1. The summed E-state index contributed by atoms with van der Waals surface area (Å²) in [7, 11) is 0. The van der Waals surface area contributed by atoms with Crippen LogP contribution in [0, 0.1) is 5.95 Å². The molecule has 1 heterocycles. The number of fused-ring (bicyclic) bond motifs is 1. The Labute approximate surface area is 97.3 Å². The fourth-order valence-electron chi connectivity index (χ4n) is 1.12. The maximum absolute atomic E-state index is 13.2. The highest BCUT2D eigenvalue weighted by Crippen LogP contribution is 2.30. The Morgan fingerprint density at radius 2 is 2.31 bits per heavy atom. The van der Waals surface area contributed by atoms with Crippen molar-refractivity contribution < 1.29 is 4.39 Å². The van der Waals surface area contributed by atoms with Crippen molar-refractivity contribution in [2.45, 2.75) is 0 Å². The summed E-state index contributed by atoms with van der Waals surface area (Å²) in [4.78, 5) is 0. The molecule has 0 bridgehead atoms. The van der Waals surface area contributed by atoms with E-state index in [2.05, 4.69) is 43.1 Å². The van der Waals surface area contributed by atoms with E-state index in [4.69, 9.17) is 0 Å². The van der Waals surface area contributed by atoms with Crippen molar-refractivity contribution in [3.8, 4) is 0 Å². The summed E-state index contributed by atoms with van der Waals surface area (Å²) in [5.74, 6) is -0.402. The van der Waals surface area contributed by atoms with Crippen molar-refractivity contribution in [1.82, 2.24) is 9.55 Å². The molecule has 0 aliphatic heterocycles. The SMILES string of the molecule is Fc1nn(PI)c2ccc(Br)cc12. The monoisotopic (exact) mass is 372 g/mol. The molecule has 2 rings (SSSR count). The molecule has 13 heavy (non-hydrogen) atoms. The van der Waals surface area contributed by atoms with Gasteiger partial charge in [0.05, 0.1) is 17.3 Å². The lowest BCUT2D eigenvalue weighted by molar-refractivity contribution is 0.583. The van der Waals surface area contributed by atoms with E-state index in [-0.39, 0.29) is 0 Å². The molecule has 1 aromatic heterocycles. The zero-order chi connectivity index (χ0) is 9.42. The number of aromatic nitrogens is 2. The third-order valence-corrected chi connectivity index (χ3v) is 4.04. The highest BCUT2D eigenvalue weighted by atomic mass is 127. The Balaban J connectivity index is 2.80. The Hall–Kier alpha value is 0.260. The van der Waals surface area contributed by atoms with Gasteiger partial charge in [-0.2, -0.15) is 4.39 Å². The van der Waals surface area contributed by atoms with Gasteiger partial charge in [-0.25, -0.2) is 4.45 Å². The van der Waals surface area contributed by atoms with Crippen LogP contribution in [0.3, 0.4) is 0 Å². The molecule has 0 N–H and O–H groups in total. The van der Waals surface area contributed by atoms with Crippen LogP contribution in [0.2, 0.25) is 0 Å². The average Bonchev–Trinajstić information content (AvgIpc) is 2.43. The molecule has 0 aliphatic rings. The van der Waals surface area contributed by atoms with Gasteiger partial charge >= 0.3 is 0 Å². The van der Waals surface area contributed by atoms with Crippen molar-refractivity contribution >= 4 is 55.2 Å². The van der Waals surface area contributed by atoms with Gasteiger partial charge in [-0.05, 0) is 40.2 Å². The lowest BCUT2D eigenvalue weighted by atomic mass is 10.3. The number of rotatable bonds is 1. The zero-order valence-electron chi connectivity index (χ0n) is 6.26. The highest BCUT2D eigenvalue weighted by Gasteiger charge is 2.08. The summed E-state index contributed by atoms with van der Waals surface area (Å²) in [6.45, 7) is 0. The van der Waals surface area contributed by atoms with E-state index in [1.807, 2.05) is 12.1 Å². The second-order valence-electron chi connectivity index (χ2n) is 2.45. The van der Waals surface area contributed by atoms with E-state index >= 15 is 0 Å². The second kappa shape index (κ2) is 3.79. The van der Waals surface area contributed by atoms with Crippen LogP contribution in [0.5, 0.6) is 0 Å². The van der Waals surface area contributed by atoms with Crippen LogP contribution in [-0.2, 0) is 0 Å². The van der Waals surface area contributed by atoms with Gasteiger partial charge in [0.2, 0.25) is 5.95 Å². The fourth-order valence-corrected chi connectivity index (χ4v) is 2.99. The molecular formula is C7H4BrFIN2P. The van der Waals surface area contributed by atoms with Crippen LogP contribution in [0.1, 0.15) is 0 Å². The van der Waals surface area contributed by atoms with Crippen LogP contribution in [-0.4, -0.2) is 9.55 Å². The van der Waals surface area contributed by atoms with E-state index in [0.29, 0.717) is 11.8 Å². The third-order valence-electron chi connectivity index (χ3n) is 1.68. The van der Waals surface area contributed by atoms with Gasteiger partial charge in [-0.1, -0.05) is 15.9 Å². The molecule has 0 saturated carbocycles. The van der Waals surface area contributed by atoms with Gasteiger partial charge in [0.15, 0.2) is 0 Å². The molecule has 1 unspecified atom stereocenters. The summed E-state index contributed by atoms with van der Waals surface area (Å²) >= 11 is 5.47. The molecule has 1 aromatic carbocycles. The van der Waals surface area contributed by atoms with Crippen LogP contribution in [0.15, 0.2) is 22.7 Å². The maximum Gasteiger partial charge on any atom is 0.240 e. The molecule has 6 heteroatoms. The Morgan fingerprint density at radius 3 is 3.00 bits per heavy atom. The first-order valence-electron chi connectivity index (χ1n) is 3.43. The molecule has 2 aromatic rings. The molecule has 0 spiro atoms. The van der Waals surface area contributed by atoms with Crippen molar-refractivity contribution in [3.05, 3.63) is 28.6 Å². The summed E-state index contributed by atoms with van der Waals surface area (Å²) in [6.07, 6.45) is 0.422. The van der Waals surface area contributed by atoms with Crippen molar-refractivity contribution in [3.63, 3.8) is 0 Å². The van der Waals surface area contributed by atoms with Gasteiger partial charge in [-0.3, -0.25) is 0 Å². The van der Waals surface area contributed by atoms with Gasteiger partial charge in [0.1, 0.15) is 0 Å². The van der Waals surface area contributed by atoms with Crippen molar-refractivity contribution in [2.75, 3.05) is 0 Å². The minimum atomic E-state index is -0.402. The molecule has 68 valence electrons. The van der Waals surface area contributed by atoms with Crippen LogP contribution in [0.4, 0.5) is 4.39 Å². The first-order valence-corrected chi connectivity index (χ1v) is 8.28. The number of nitrogens with zero attached hydrogens (tertiary/aromatic N) is 2. The molecule has 0 aliphatic carbocycles. The molecular weight excluding hydrogens is 369 g/mol. The normalized spacial score (nSPS) is 11.9. The first-order chi connectivity index (χ1) is 6.22. The van der Waals surface area contributed by atoms with E-state index in [9.17, 15) is 4.39 Å². The quantitative estimate of drug-likeness (QED) is 0.551. The summed E-state index contributed by atoms with van der Waals surface area (Å²) in [5, 5.41) is 4.35. The second-order valence-corrected chi connectivity index (χ2v) is 5.40. The Morgan fingerprint density at radius 1 is 1.54 bits per heavy atom. The lowest BCUT2D eigenvalue weighted by Gasteiger charge is -1.95. The minimum Gasteiger partial charge on any atom is -0.235 e. The molecule has 2 nitrogen and oxygen atoms in total. The van der Waals surface area contributed by atoms with Crippen LogP contribution >= 0.6 is 44.3 Å². The van der Waals surface area contributed by atoms with Gasteiger partial charge in [-0.15, -0.1) is 5.10 Å². The number of hydrogen-bond acceptors (Lipinski definition) is 1. The molecule has 0 saturated heterocycles. The predicted octanol–water partition coefficient (Wildman–Crippen LogP) is 3.73. The van der Waals surface area contributed by atoms with E-state index in [1.54, 1.807) is 10.5 Å². The molecule has 0 fully saturated rings. The van der Waals surface area contributed by atoms with Crippen LogP contribution < -0.4 is 0 Å². The molecule has 1 atom stereocenters. The van der Waals surface area contributed by atoms with Gasteiger partial charge in [0.25, 0.3) is 0 Å². The molecule has 0 radical (unpaired) electrons. The third kappa shape index (κ3) is 1.74. The summed E-state index contributed by atoms with van der Waals surface area (Å²) in [5.41, 5.74) is 0.841. The summed E-state index contributed by atoms with van der Waals surface area (Å²) in [6, 6.07) is 5.49. The summed E-state index contributed by atoms with van der Waals surface area (Å²) < 4.78 is 15.8. The van der Waals surface area contributed by atoms with Gasteiger partial charge < -0.3 is 0 Å². The predicted molar refractivity (Wildman–Crippen MR) is 65.1 cm³/mol. The number of halogens is 3. The maximum atomic E-state index is 13.2. The zero-order valence-corrected chi connectivity index (χ0v) is 11.0. The number of hydrogen-bond donors (Lipinski definition) is 0. The Bertz CT molecular complexity index is 459.